The number of amides is 2. The number of carbonyl (C=O) groups excluding carboxylic acids is 2. The zero-order valence-corrected chi connectivity index (χ0v) is 26.8. The number of aryl methyl sites for hydroxylation is 2. The summed E-state index contributed by atoms with van der Waals surface area (Å²) in [6, 6.07) is 18.1. The summed E-state index contributed by atoms with van der Waals surface area (Å²) in [5.74, 6) is -0.325. The molecule has 0 fully saturated rings. The van der Waals surface area contributed by atoms with Crippen molar-refractivity contribution < 1.29 is 22.7 Å². The second-order valence-electron chi connectivity index (χ2n) is 10.1. The maximum atomic E-state index is 14.1. The van der Waals surface area contributed by atoms with Crippen molar-refractivity contribution in [3.8, 4) is 5.75 Å². The van der Waals surface area contributed by atoms with Gasteiger partial charge in [-0.05, 0) is 91.5 Å². The largest absolute Gasteiger partial charge is 0.496 e. The van der Waals surface area contributed by atoms with Gasteiger partial charge in [-0.2, -0.15) is 0 Å². The number of rotatable bonds is 12. The number of methoxy groups -OCH3 is 1. The number of hydrogen-bond donors (Lipinski definition) is 1. The van der Waals surface area contributed by atoms with E-state index in [4.69, 9.17) is 4.74 Å². The van der Waals surface area contributed by atoms with Gasteiger partial charge in [0.25, 0.3) is 10.0 Å². The second-order valence-corrected chi connectivity index (χ2v) is 12.8. The van der Waals surface area contributed by atoms with Crippen LogP contribution in [0.25, 0.3) is 0 Å². The summed E-state index contributed by atoms with van der Waals surface area (Å²) < 4.78 is 34.9. The minimum atomic E-state index is -4.19. The molecule has 0 aromatic heterocycles. The lowest BCUT2D eigenvalue weighted by Gasteiger charge is -2.33. The van der Waals surface area contributed by atoms with Gasteiger partial charge in [0.05, 0.1) is 22.2 Å². The number of hydrogen-bond acceptors (Lipinski definition) is 5. The van der Waals surface area contributed by atoms with Gasteiger partial charge in [-0.15, -0.1) is 0 Å². The van der Waals surface area contributed by atoms with Crippen LogP contribution in [0.2, 0.25) is 0 Å². The lowest BCUT2D eigenvalue weighted by atomic mass is 10.1. The summed E-state index contributed by atoms with van der Waals surface area (Å²) in [6.07, 6.45) is 0.737. The van der Waals surface area contributed by atoms with Crippen LogP contribution < -0.4 is 14.4 Å². The molecule has 10 heteroatoms. The van der Waals surface area contributed by atoms with E-state index in [2.05, 4.69) is 21.2 Å². The van der Waals surface area contributed by atoms with Gasteiger partial charge in [0, 0.05) is 12.6 Å². The van der Waals surface area contributed by atoms with E-state index in [0.717, 1.165) is 27.4 Å². The van der Waals surface area contributed by atoms with Gasteiger partial charge in [-0.1, -0.05) is 48.9 Å². The van der Waals surface area contributed by atoms with E-state index in [1.165, 1.54) is 24.1 Å². The first kappa shape index (κ1) is 32.1. The molecule has 2 atom stereocenters. The number of halogens is 1. The van der Waals surface area contributed by atoms with Crippen LogP contribution in [0.5, 0.6) is 5.75 Å². The van der Waals surface area contributed by atoms with E-state index >= 15 is 0 Å². The van der Waals surface area contributed by atoms with Gasteiger partial charge in [0.2, 0.25) is 11.8 Å². The number of benzene rings is 3. The Bertz CT molecular complexity index is 1480. The molecule has 0 bridgehead atoms. The van der Waals surface area contributed by atoms with Crippen molar-refractivity contribution in [2.75, 3.05) is 18.0 Å². The molecule has 0 spiro atoms. The average molecular weight is 645 g/mol. The Morgan fingerprint density at radius 3 is 2.24 bits per heavy atom. The quantitative estimate of drug-likeness (QED) is 0.277. The first-order valence-corrected chi connectivity index (χ1v) is 15.7. The second kappa shape index (κ2) is 14.0. The maximum Gasteiger partial charge on any atom is 0.264 e. The van der Waals surface area contributed by atoms with Crippen LogP contribution in [0.4, 0.5) is 5.69 Å². The molecule has 2 amide bonds. The molecule has 3 aromatic carbocycles. The molecule has 0 unspecified atom stereocenters. The van der Waals surface area contributed by atoms with Gasteiger partial charge < -0.3 is 15.0 Å². The fraction of sp³-hybridized carbons (Fsp3) is 0.355. The SMILES string of the molecule is CC[C@H](C)NC(=O)[C@H](C)N(Cc1ccccc1C)C(=O)CN(c1ccc(C)cc1)S(=O)(=O)c1ccc(OC)c(Br)c1. The van der Waals surface area contributed by atoms with Gasteiger partial charge in [-0.25, -0.2) is 8.42 Å². The van der Waals surface area contributed by atoms with Crippen molar-refractivity contribution in [3.63, 3.8) is 0 Å². The van der Waals surface area contributed by atoms with Gasteiger partial charge in [-0.3, -0.25) is 13.9 Å². The van der Waals surface area contributed by atoms with Crippen molar-refractivity contribution in [2.24, 2.45) is 0 Å². The molecule has 0 saturated heterocycles. The highest BCUT2D eigenvalue weighted by Gasteiger charge is 2.33. The van der Waals surface area contributed by atoms with Crippen LogP contribution in [0, 0.1) is 13.8 Å². The average Bonchev–Trinajstić information content (AvgIpc) is 2.95. The molecular weight excluding hydrogens is 606 g/mol. The van der Waals surface area contributed by atoms with Crippen LogP contribution in [0.1, 0.15) is 43.9 Å². The predicted octanol–water partition coefficient (Wildman–Crippen LogP) is 5.60. The van der Waals surface area contributed by atoms with E-state index in [0.29, 0.717) is 15.9 Å². The van der Waals surface area contributed by atoms with Crippen molar-refractivity contribution >= 4 is 43.5 Å². The molecule has 0 heterocycles. The first-order chi connectivity index (χ1) is 19.4. The molecule has 220 valence electrons. The van der Waals surface area contributed by atoms with Crippen LogP contribution in [-0.4, -0.2) is 50.9 Å². The summed E-state index contributed by atoms with van der Waals surface area (Å²) in [5.41, 5.74) is 3.11. The molecule has 0 aliphatic heterocycles. The molecule has 0 saturated carbocycles. The third kappa shape index (κ3) is 7.89. The standard InChI is InChI=1S/C31H38BrN3O5S/c1-7-23(4)33-31(37)24(5)34(19-25-11-9-8-10-22(25)3)30(36)20-35(26-14-12-21(2)13-15-26)41(38,39)27-16-17-29(40-6)28(32)18-27/h8-18,23-24H,7,19-20H2,1-6H3,(H,33,37)/t23-,24-/m0/s1. The number of nitrogens with zero attached hydrogens (tertiary/aromatic N) is 2. The number of anilines is 1. The molecule has 8 nitrogen and oxygen atoms in total. The Balaban J connectivity index is 2.06. The monoisotopic (exact) mass is 643 g/mol. The van der Waals surface area contributed by atoms with Crippen molar-refractivity contribution in [1.82, 2.24) is 10.2 Å². The fourth-order valence-corrected chi connectivity index (χ4v) is 6.33. The Morgan fingerprint density at radius 2 is 1.66 bits per heavy atom. The van der Waals surface area contributed by atoms with Gasteiger partial charge in [0.1, 0.15) is 18.3 Å². The molecule has 41 heavy (non-hydrogen) atoms. The zero-order valence-electron chi connectivity index (χ0n) is 24.3. The topological polar surface area (TPSA) is 96.0 Å². The smallest absolute Gasteiger partial charge is 0.264 e. The zero-order chi connectivity index (χ0) is 30.3. The Labute approximate surface area is 251 Å². The Morgan fingerprint density at radius 1 is 1.00 bits per heavy atom. The number of carbonyl (C=O) groups is 2. The van der Waals surface area contributed by atoms with Gasteiger partial charge in [0.15, 0.2) is 0 Å². The maximum absolute atomic E-state index is 14.1. The van der Waals surface area contributed by atoms with Crippen LogP contribution in [0.3, 0.4) is 0 Å². The third-order valence-corrected chi connectivity index (χ3v) is 9.47. The van der Waals surface area contributed by atoms with Crippen LogP contribution in [-0.2, 0) is 26.2 Å². The lowest BCUT2D eigenvalue weighted by Crippen LogP contribution is -2.52. The molecular formula is C31H38BrN3O5S. The molecule has 0 aliphatic rings. The molecule has 1 N–H and O–H groups in total. The Hall–Kier alpha value is -3.37. The third-order valence-electron chi connectivity index (χ3n) is 7.08. The Kier molecular flexibility index (Phi) is 11.0. The summed E-state index contributed by atoms with van der Waals surface area (Å²) in [5, 5.41) is 2.95. The van der Waals surface area contributed by atoms with E-state index in [9.17, 15) is 18.0 Å². The van der Waals surface area contributed by atoms with E-state index in [1.54, 1.807) is 37.3 Å². The summed E-state index contributed by atoms with van der Waals surface area (Å²) >= 11 is 3.37. The molecule has 3 aromatic rings. The normalized spacial score (nSPS) is 12.8. The first-order valence-electron chi connectivity index (χ1n) is 13.5. The highest BCUT2D eigenvalue weighted by Crippen LogP contribution is 2.31. The number of sulfonamides is 1. The van der Waals surface area contributed by atoms with Crippen LogP contribution >= 0.6 is 15.9 Å². The summed E-state index contributed by atoms with van der Waals surface area (Å²) in [6.45, 7) is 9.02. The van der Waals surface area contributed by atoms with E-state index < -0.39 is 28.5 Å². The highest BCUT2D eigenvalue weighted by molar-refractivity contribution is 9.10. The fourth-order valence-electron chi connectivity index (χ4n) is 4.19. The molecule has 0 radical (unpaired) electrons. The predicted molar refractivity (Wildman–Crippen MR) is 165 cm³/mol. The van der Waals surface area contributed by atoms with Gasteiger partial charge >= 0.3 is 0 Å². The van der Waals surface area contributed by atoms with E-state index in [1.807, 2.05) is 52.0 Å². The summed E-state index contributed by atoms with van der Waals surface area (Å²) in [7, 11) is -2.70. The van der Waals surface area contributed by atoms with Crippen molar-refractivity contribution in [2.45, 2.75) is 64.6 Å². The minimum Gasteiger partial charge on any atom is -0.496 e. The van der Waals surface area contributed by atoms with E-state index in [-0.39, 0.29) is 23.4 Å². The van der Waals surface area contributed by atoms with Crippen LogP contribution in [0.15, 0.2) is 76.1 Å². The molecule has 3 rings (SSSR count). The highest BCUT2D eigenvalue weighted by atomic mass is 79.9. The number of ether oxygens (including phenoxy) is 1. The minimum absolute atomic E-state index is 0.00781. The lowest BCUT2D eigenvalue weighted by molar-refractivity contribution is -0.139. The van der Waals surface area contributed by atoms with Crippen molar-refractivity contribution in [1.29, 1.82) is 0 Å². The van der Waals surface area contributed by atoms with Crippen molar-refractivity contribution in [3.05, 3.63) is 87.9 Å². The molecule has 0 aliphatic carbocycles. The number of nitrogens with one attached hydrogen (secondary N) is 1. The summed E-state index contributed by atoms with van der Waals surface area (Å²) in [4.78, 5) is 28.7.